The van der Waals surface area contributed by atoms with Gasteiger partial charge in [-0.05, 0) is 23.8 Å². The van der Waals surface area contributed by atoms with Crippen molar-refractivity contribution in [2.45, 2.75) is 0 Å². The van der Waals surface area contributed by atoms with Crippen LogP contribution in [0.4, 0.5) is 0 Å². The van der Waals surface area contributed by atoms with Crippen molar-refractivity contribution in [3.05, 3.63) is 35.9 Å². The van der Waals surface area contributed by atoms with Gasteiger partial charge in [-0.25, -0.2) is 4.79 Å². The van der Waals surface area contributed by atoms with Crippen molar-refractivity contribution in [2.24, 2.45) is 0 Å². The number of phenolic OH excluding ortho intramolecular Hbond substituents is 1. The maximum atomic E-state index is 10.8. The molecule has 1 aromatic rings. The lowest BCUT2D eigenvalue weighted by Gasteiger charge is -1.94. The van der Waals surface area contributed by atoms with Gasteiger partial charge in [-0.15, -0.1) is 0 Å². The topological polar surface area (TPSA) is 55.8 Å². The first-order chi connectivity index (χ1) is 6.72. The molecule has 0 aliphatic rings. The number of benzene rings is 1. The SMILES string of the molecule is COOC(=O)/C=C/c1ccc(O)cc1. The largest absolute Gasteiger partial charge is 0.508 e. The molecular weight excluding hydrogens is 184 g/mol. The van der Waals surface area contributed by atoms with Crippen molar-refractivity contribution >= 4 is 12.0 Å². The molecule has 4 nitrogen and oxygen atoms in total. The lowest BCUT2D eigenvalue weighted by molar-refractivity contribution is -0.249. The van der Waals surface area contributed by atoms with Crippen LogP contribution in [0.1, 0.15) is 5.56 Å². The van der Waals surface area contributed by atoms with E-state index in [2.05, 4.69) is 9.78 Å². The van der Waals surface area contributed by atoms with Crippen molar-refractivity contribution in [3.8, 4) is 5.75 Å². The summed E-state index contributed by atoms with van der Waals surface area (Å²) >= 11 is 0. The fraction of sp³-hybridized carbons (Fsp3) is 0.100. The summed E-state index contributed by atoms with van der Waals surface area (Å²) in [5.41, 5.74) is 0.788. The Hall–Kier alpha value is -1.81. The third-order valence-corrected chi connectivity index (χ3v) is 1.47. The van der Waals surface area contributed by atoms with Gasteiger partial charge in [-0.1, -0.05) is 12.1 Å². The van der Waals surface area contributed by atoms with E-state index < -0.39 is 5.97 Å². The molecule has 0 saturated carbocycles. The summed E-state index contributed by atoms with van der Waals surface area (Å²) in [4.78, 5) is 19.2. The first kappa shape index (κ1) is 10.3. The maximum Gasteiger partial charge on any atom is 0.365 e. The van der Waals surface area contributed by atoms with Gasteiger partial charge in [-0.2, -0.15) is 4.89 Å². The van der Waals surface area contributed by atoms with Crippen LogP contribution in [0.25, 0.3) is 6.08 Å². The van der Waals surface area contributed by atoms with Gasteiger partial charge >= 0.3 is 5.97 Å². The minimum Gasteiger partial charge on any atom is -0.508 e. The number of hydrogen-bond acceptors (Lipinski definition) is 4. The van der Waals surface area contributed by atoms with E-state index in [-0.39, 0.29) is 5.75 Å². The Morgan fingerprint density at radius 2 is 2.00 bits per heavy atom. The van der Waals surface area contributed by atoms with E-state index in [1.54, 1.807) is 18.2 Å². The lowest BCUT2D eigenvalue weighted by Crippen LogP contribution is -1.97. The maximum absolute atomic E-state index is 10.8. The molecule has 0 saturated heterocycles. The van der Waals surface area contributed by atoms with Crippen LogP contribution in [0.15, 0.2) is 30.3 Å². The van der Waals surface area contributed by atoms with Gasteiger partial charge < -0.3 is 5.11 Å². The number of phenols is 1. The monoisotopic (exact) mass is 194 g/mol. The van der Waals surface area contributed by atoms with E-state index in [4.69, 9.17) is 5.11 Å². The number of aromatic hydroxyl groups is 1. The van der Waals surface area contributed by atoms with Crippen molar-refractivity contribution in [3.63, 3.8) is 0 Å². The number of carbonyl (C=O) groups is 1. The molecule has 4 heteroatoms. The molecule has 0 bridgehead atoms. The second-order valence-corrected chi connectivity index (χ2v) is 2.49. The fourth-order valence-corrected chi connectivity index (χ4v) is 0.860. The molecule has 14 heavy (non-hydrogen) atoms. The van der Waals surface area contributed by atoms with Crippen molar-refractivity contribution in [2.75, 3.05) is 7.11 Å². The third kappa shape index (κ3) is 3.28. The molecule has 1 rings (SSSR count). The van der Waals surface area contributed by atoms with Crippen molar-refractivity contribution in [1.82, 2.24) is 0 Å². The molecule has 0 radical (unpaired) electrons. The summed E-state index contributed by atoms with van der Waals surface area (Å²) in [6.45, 7) is 0. The Morgan fingerprint density at radius 3 is 2.57 bits per heavy atom. The molecular formula is C10H10O4. The molecule has 0 spiro atoms. The summed E-state index contributed by atoms with van der Waals surface area (Å²) in [6, 6.07) is 6.40. The van der Waals surface area contributed by atoms with Crippen LogP contribution < -0.4 is 0 Å². The summed E-state index contributed by atoms with van der Waals surface area (Å²) in [5.74, 6) is -0.401. The smallest absolute Gasteiger partial charge is 0.365 e. The van der Waals surface area contributed by atoms with E-state index in [0.29, 0.717) is 0 Å². The van der Waals surface area contributed by atoms with Gasteiger partial charge in [0.2, 0.25) is 0 Å². The Bertz CT molecular complexity index is 326. The molecule has 0 aliphatic heterocycles. The zero-order valence-electron chi connectivity index (χ0n) is 7.64. The highest BCUT2D eigenvalue weighted by Crippen LogP contribution is 2.10. The normalized spacial score (nSPS) is 10.4. The number of carbonyl (C=O) groups excluding carboxylic acids is 1. The fourth-order valence-electron chi connectivity index (χ4n) is 0.860. The molecule has 1 aromatic carbocycles. The Labute approximate surface area is 81.3 Å². The highest BCUT2D eigenvalue weighted by molar-refractivity contribution is 5.86. The molecule has 74 valence electrons. The molecule has 0 atom stereocenters. The average molecular weight is 194 g/mol. The van der Waals surface area contributed by atoms with Gasteiger partial charge in [-0.3, -0.25) is 4.89 Å². The molecule has 1 N–H and O–H groups in total. The van der Waals surface area contributed by atoms with E-state index in [1.807, 2.05) is 0 Å². The van der Waals surface area contributed by atoms with Crippen LogP contribution >= 0.6 is 0 Å². The van der Waals surface area contributed by atoms with Crippen LogP contribution in [-0.2, 0) is 14.6 Å². The van der Waals surface area contributed by atoms with Gasteiger partial charge in [0, 0.05) is 6.08 Å². The highest BCUT2D eigenvalue weighted by Gasteiger charge is 1.95. The summed E-state index contributed by atoms with van der Waals surface area (Å²) in [6.07, 6.45) is 2.79. The van der Waals surface area contributed by atoms with Gasteiger partial charge in [0.1, 0.15) is 5.75 Å². The lowest BCUT2D eigenvalue weighted by atomic mass is 10.2. The van der Waals surface area contributed by atoms with Crippen LogP contribution in [0.3, 0.4) is 0 Å². The minimum absolute atomic E-state index is 0.182. The first-order valence-electron chi connectivity index (χ1n) is 3.94. The predicted molar refractivity (Wildman–Crippen MR) is 50.2 cm³/mol. The standard InChI is InChI=1S/C10H10O4/c1-13-14-10(12)7-4-8-2-5-9(11)6-3-8/h2-7,11H,1H3/b7-4+. The third-order valence-electron chi connectivity index (χ3n) is 1.47. The zero-order valence-corrected chi connectivity index (χ0v) is 7.64. The molecule has 0 heterocycles. The Morgan fingerprint density at radius 1 is 1.36 bits per heavy atom. The van der Waals surface area contributed by atoms with Crippen LogP contribution in [-0.4, -0.2) is 18.2 Å². The summed E-state index contributed by atoms with van der Waals surface area (Å²) in [5, 5.41) is 8.98. The van der Waals surface area contributed by atoms with Crippen molar-refractivity contribution < 1.29 is 19.7 Å². The second-order valence-electron chi connectivity index (χ2n) is 2.49. The Kier molecular flexibility index (Phi) is 3.69. The molecule has 0 aliphatic carbocycles. The average Bonchev–Trinajstić information content (AvgIpc) is 2.17. The van der Waals surface area contributed by atoms with Gasteiger partial charge in [0.05, 0.1) is 7.11 Å². The molecule has 0 aromatic heterocycles. The van der Waals surface area contributed by atoms with Crippen molar-refractivity contribution in [1.29, 1.82) is 0 Å². The van der Waals surface area contributed by atoms with Gasteiger partial charge in [0.15, 0.2) is 0 Å². The summed E-state index contributed by atoms with van der Waals surface area (Å²) < 4.78 is 0. The quantitative estimate of drug-likeness (QED) is 0.450. The molecule has 0 unspecified atom stereocenters. The summed E-state index contributed by atoms with van der Waals surface area (Å²) in [7, 11) is 1.26. The first-order valence-corrected chi connectivity index (χ1v) is 3.94. The number of hydrogen-bond donors (Lipinski definition) is 1. The predicted octanol–water partition coefficient (Wildman–Crippen LogP) is 1.51. The van der Waals surface area contributed by atoms with Gasteiger partial charge in [0.25, 0.3) is 0 Å². The van der Waals surface area contributed by atoms with Crippen LogP contribution in [0, 0.1) is 0 Å². The van der Waals surface area contributed by atoms with E-state index in [9.17, 15) is 4.79 Å². The number of rotatable bonds is 3. The van der Waals surface area contributed by atoms with E-state index in [1.165, 1.54) is 25.3 Å². The van der Waals surface area contributed by atoms with Crippen LogP contribution in [0.2, 0.25) is 0 Å². The zero-order chi connectivity index (χ0) is 10.4. The molecule has 0 fully saturated rings. The minimum atomic E-state index is -0.583. The molecule has 0 amide bonds. The Balaban J connectivity index is 2.60. The van der Waals surface area contributed by atoms with E-state index >= 15 is 0 Å². The highest BCUT2D eigenvalue weighted by atomic mass is 17.2. The van der Waals surface area contributed by atoms with E-state index in [0.717, 1.165) is 5.56 Å². The van der Waals surface area contributed by atoms with Crippen LogP contribution in [0.5, 0.6) is 5.75 Å². The second kappa shape index (κ2) is 5.04.